The van der Waals surface area contributed by atoms with Gasteiger partial charge < -0.3 is 10.5 Å². The summed E-state index contributed by atoms with van der Waals surface area (Å²) in [6, 6.07) is 7.36. The number of methoxy groups -OCH3 is 1. The Morgan fingerprint density at radius 3 is 3.00 bits per heavy atom. The molecular weight excluding hydrogens is 196 g/mol. The molecule has 0 atom stereocenters. The number of nitrogens with zero attached hydrogens (tertiary/aromatic N) is 1. The van der Waals surface area contributed by atoms with Crippen LogP contribution in [0.3, 0.4) is 0 Å². The molecule has 1 rings (SSSR count). The van der Waals surface area contributed by atoms with Gasteiger partial charge in [-0.1, -0.05) is 0 Å². The minimum atomic E-state index is 0.638. The van der Waals surface area contributed by atoms with Gasteiger partial charge in [0.25, 0.3) is 0 Å². The first-order valence-corrected chi connectivity index (χ1v) is 5.18. The van der Waals surface area contributed by atoms with E-state index < -0.39 is 0 Å². The second-order valence-corrected chi connectivity index (χ2v) is 3.84. The lowest BCUT2D eigenvalue weighted by atomic mass is 10.2. The molecule has 0 saturated carbocycles. The van der Waals surface area contributed by atoms with Crippen molar-refractivity contribution in [3.05, 3.63) is 23.8 Å². The van der Waals surface area contributed by atoms with E-state index in [9.17, 15) is 0 Å². The van der Waals surface area contributed by atoms with Gasteiger partial charge in [0, 0.05) is 23.4 Å². The van der Waals surface area contributed by atoms with Crippen LogP contribution in [-0.4, -0.2) is 19.5 Å². The van der Waals surface area contributed by atoms with Gasteiger partial charge in [0.2, 0.25) is 0 Å². The highest BCUT2D eigenvalue weighted by atomic mass is 32.2. The Hall–Kier alpha value is -1.18. The van der Waals surface area contributed by atoms with Crippen LogP contribution in [0.1, 0.15) is 5.56 Å². The molecule has 0 fully saturated rings. The van der Waals surface area contributed by atoms with Crippen LogP contribution in [0.25, 0.3) is 0 Å². The van der Waals surface area contributed by atoms with Gasteiger partial charge in [-0.2, -0.15) is 5.26 Å². The fourth-order valence-corrected chi connectivity index (χ4v) is 1.88. The molecule has 0 bridgehead atoms. The number of hydrogen-bond donors (Lipinski definition) is 1. The highest BCUT2D eigenvalue weighted by molar-refractivity contribution is 7.99. The summed E-state index contributed by atoms with van der Waals surface area (Å²) in [6.45, 7) is 0.681. The van der Waals surface area contributed by atoms with E-state index in [2.05, 4.69) is 6.07 Å². The van der Waals surface area contributed by atoms with Crippen molar-refractivity contribution < 1.29 is 4.74 Å². The Morgan fingerprint density at radius 1 is 1.57 bits per heavy atom. The van der Waals surface area contributed by atoms with Crippen molar-refractivity contribution in [2.75, 3.05) is 25.2 Å². The summed E-state index contributed by atoms with van der Waals surface area (Å²) in [5.74, 6) is 0.843. The molecule has 0 aliphatic heterocycles. The monoisotopic (exact) mass is 208 g/mol. The minimum Gasteiger partial charge on any atom is -0.398 e. The highest BCUT2D eigenvalue weighted by Gasteiger charge is 2.01. The van der Waals surface area contributed by atoms with Crippen LogP contribution in [0, 0.1) is 11.3 Å². The number of benzene rings is 1. The van der Waals surface area contributed by atoms with Crippen LogP contribution >= 0.6 is 11.8 Å². The van der Waals surface area contributed by atoms with Crippen molar-refractivity contribution in [3.8, 4) is 6.07 Å². The third-order valence-corrected chi connectivity index (χ3v) is 2.72. The Morgan fingerprint density at radius 2 is 2.36 bits per heavy atom. The Bertz CT molecular complexity index is 346. The predicted molar refractivity (Wildman–Crippen MR) is 58.2 cm³/mol. The maximum absolute atomic E-state index is 8.70. The van der Waals surface area contributed by atoms with Gasteiger partial charge in [-0.05, 0) is 18.2 Å². The molecule has 0 aliphatic carbocycles. The summed E-state index contributed by atoms with van der Waals surface area (Å²) < 4.78 is 4.93. The Kier molecular flexibility index (Phi) is 4.30. The first kappa shape index (κ1) is 10.9. The minimum absolute atomic E-state index is 0.638. The second-order valence-electron chi connectivity index (χ2n) is 2.71. The van der Waals surface area contributed by atoms with E-state index in [1.54, 1.807) is 37.1 Å². The molecule has 74 valence electrons. The molecule has 0 amide bonds. The number of nitriles is 1. The zero-order valence-electron chi connectivity index (χ0n) is 7.99. The number of hydrogen-bond acceptors (Lipinski definition) is 4. The molecular formula is C10H12N2OS. The highest BCUT2D eigenvalue weighted by Crippen LogP contribution is 2.25. The maximum Gasteiger partial charge on any atom is 0.0992 e. The third kappa shape index (κ3) is 2.95. The summed E-state index contributed by atoms with van der Waals surface area (Å²) in [4.78, 5) is 0.945. The van der Waals surface area contributed by atoms with Crippen LogP contribution < -0.4 is 5.73 Å². The largest absolute Gasteiger partial charge is 0.398 e. The molecule has 0 heterocycles. The average Bonchev–Trinajstić information content (AvgIpc) is 2.21. The van der Waals surface area contributed by atoms with Crippen molar-refractivity contribution in [1.82, 2.24) is 0 Å². The van der Waals surface area contributed by atoms with Crippen molar-refractivity contribution in [2.45, 2.75) is 4.90 Å². The lowest BCUT2D eigenvalue weighted by Crippen LogP contribution is -1.94. The van der Waals surface area contributed by atoms with Crippen LogP contribution in [0.5, 0.6) is 0 Å². The molecule has 1 aromatic rings. The van der Waals surface area contributed by atoms with Gasteiger partial charge in [-0.25, -0.2) is 0 Å². The van der Waals surface area contributed by atoms with Crippen LogP contribution in [-0.2, 0) is 4.74 Å². The number of thioether (sulfide) groups is 1. The lowest BCUT2D eigenvalue weighted by molar-refractivity contribution is 0.218. The molecule has 0 spiro atoms. The SMILES string of the molecule is COCCSc1cc(C#N)ccc1N. The van der Waals surface area contributed by atoms with Gasteiger partial charge in [0.1, 0.15) is 0 Å². The standard InChI is InChI=1S/C10H12N2OS/c1-13-4-5-14-10-6-8(7-11)2-3-9(10)12/h2-3,6H,4-5,12H2,1H3. The molecule has 3 nitrogen and oxygen atoms in total. The van der Waals surface area contributed by atoms with Gasteiger partial charge in [-0.3, -0.25) is 0 Å². The van der Waals surface area contributed by atoms with E-state index in [0.717, 1.165) is 10.6 Å². The molecule has 0 aromatic heterocycles. The van der Waals surface area contributed by atoms with Gasteiger partial charge >= 0.3 is 0 Å². The van der Waals surface area contributed by atoms with E-state index in [1.807, 2.05) is 0 Å². The van der Waals surface area contributed by atoms with Crippen LogP contribution in [0.15, 0.2) is 23.1 Å². The van der Waals surface area contributed by atoms with Gasteiger partial charge in [0.15, 0.2) is 0 Å². The molecule has 2 N–H and O–H groups in total. The Labute approximate surface area is 87.9 Å². The number of nitrogens with two attached hydrogens (primary N) is 1. The summed E-state index contributed by atoms with van der Waals surface area (Å²) in [5.41, 5.74) is 7.11. The predicted octanol–water partition coefficient (Wildman–Crippen LogP) is 1.88. The molecule has 14 heavy (non-hydrogen) atoms. The van der Waals surface area contributed by atoms with Crippen LogP contribution in [0.4, 0.5) is 5.69 Å². The van der Waals surface area contributed by atoms with Crippen molar-refractivity contribution in [2.24, 2.45) is 0 Å². The van der Waals surface area contributed by atoms with E-state index in [1.165, 1.54) is 0 Å². The zero-order chi connectivity index (χ0) is 10.4. The molecule has 4 heteroatoms. The molecule has 0 radical (unpaired) electrons. The zero-order valence-corrected chi connectivity index (χ0v) is 8.80. The van der Waals surface area contributed by atoms with E-state index in [0.29, 0.717) is 17.9 Å². The van der Waals surface area contributed by atoms with Gasteiger partial charge in [-0.15, -0.1) is 11.8 Å². The smallest absolute Gasteiger partial charge is 0.0992 e. The maximum atomic E-state index is 8.70. The Balaban J connectivity index is 2.70. The van der Waals surface area contributed by atoms with Crippen molar-refractivity contribution in [1.29, 1.82) is 5.26 Å². The fraction of sp³-hybridized carbons (Fsp3) is 0.300. The third-order valence-electron chi connectivity index (χ3n) is 1.69. The van der Waals surface area contributed by atoms with E-state index in [4.69, 9.17) is 15.7 Å². The molecule has 0 unspecified atom stereocenters. The summed E-state index contributed by atoms with van der Waals surface area (Å²) in [6.07, 6.45) is 0. The summed E-state index contributed by atoms with van der Waals surface area (Å²) >= 11 is 1.60. The van der Waals surface area contributed by atoms with E-state index in [-0.39, 0.29) is 0 Å². The van der Waals surface area contributed by atoms with E-state index >= 15 is 0 Å². The second kappa shape index (κ2) is 5.53. The van der Waals surface area contributed by atoms with Crippen molar-refractivity contribution in [3.63, 3.8) is 0 Å². The molecule has 0 aliphatic rings. The topological polar surface area (TPSA) is 59.0 Å². The average molecular weight is 208 g/mol. The molecule has 1 aromatic carbocycles. The van der Waals surface area contributed by atoms with Gasteiger partial charge in [0.05, 0.1) is 18.2 Å². The first-order chi connectivity index (χ1) is 6.77. The lowest BCUT2D eigenvalue weighted by Gasteiger charge is -2.04. The first-order valence-electron chi connectivity index (χ1n) is 4.19. The van der Waals surface area contributed by atoms with Crippen LogP contribution in [0.2, 0.25) is 0 Å². The quantitative estimate of drug-likeness (QED) is 0.466. The molecule has 0 saturated heterocycles. The normalized spacial score (nSPS) is 9.71. The number of rotatable bonds is 4. The fourth-order valence-electron chi connectivity index (χ4n) is 0.964. The van der Waals surface area contributed by atoms with Crippen molar-refractivity contribution >= 4 is 17.4 Å². The summed E-state index contributed by atoms with van der Waals surface area (Å²) in [7, 11) is 1.66. The number of ether oxygens (including phenoxy) is 1. The summed E-state index contributed by atoms with van der Waals surface area (Å²) in [5, 5.41) is 8.70. The number of anilines is 1. The number of nitrogen functional groups attached to an aromatic ring is 1.